The zero-order valence-electron chi connectivity index (χ0n) is 11.5. The Hall–Kier alpha value is -1.38. The Balaban J connectivity index is 3.46. The molecule has 0 saturated carbocycles. The molecule has 11 heavy (non-hydrogen) atoms. The largest absolute Gasteiger partial charge is 0.478 e. The van der Waals surface area contributed by atoms with Crippen LogP contribution in [0.2, 0.25) is 0 Å². The third kappa shape index (κ3) is 1.55. The number of aromatic carboxylic acids is 1. The molecule has 0 aromatic carbocycles. The smallest absolute Gasteiger partial charge is 0.337 e. The Kier molecular flexibility index (Phi) is 0.719. The minimum absolute atomic E-state index is 0.436. The van der Waals surface area contributed by atoms with Crippen molar-refractivity contribution >= 4 is 5.97 Å². The summed E-state index contributed by atoms with van der Waals surface area (Å²) in [6, 6.07) is 1.93. The Morgan fingerprint density at radius 2 is 2.45 bits per heavy atom. The Morgan fingerprint density at radius 3 is 3.00 bits per heavy atom. The maximum absolute atomic E-state index is 10.8. The maximum Gasteiger partial charge on any atom is 0.337 e. The average Bonchev–Trinajstić information content (AvgIpc) is 2.14. The third-order valence-electron chi connectivity index (χ3n) is 1.13. The number of nitrogens with zero attached hydrogens (tertiary/aromatic N) is 1. The van der Waals surface area contributed by atoms with Crippen LogP contribution in [-0.4, -0.2) is 16.1 Å². The topological polar surface area (TPSA) is 50.2 Å². The molecule has 1 aromatic heterocycles. The first-order chi connectivity index (χ1) is 7.53. The molecule has 0 amide bonds. The van der Waals surface area contributed by atoms with Gasteiger partial charge in [0, 0.05) is 13.9 Å². The SMILES string of the molecule is [2H]C([2H])([2H])c1ccc(C(=O)O)c(C([2H])([2H])[2H])n1. The fourth-order valence-corrected chi connectivity index (χ4v) is 0.632. The summed E-state index contributed by atoms with van der Waals surface area (Å²) in [4.78, 5) is 14.2. The van der Waals surface area contributed by atoms with Crippen LogP contribution in [0.15, 0.2) is 12.1 Å². The summed E-state index contributed by atoms with van der Waals surface area (Å²) in [7, 11) is 0. The van der Waals surface area contributed by atoms with Crippen LogP contribution in [0.1, 0.15) is 30.0 Å². The van der Waals surface area contributed by atoms with Gasteiger partial charge in [0.05, 0.1) is 11.3 Å². The number of pyridine rings is 1. The lowest BCUT2D eigenvalue weighted by Crippen LogP contribution is -2.01. The van der Waals surface area contributed by atoms with Gasteiger partial charge in [0.1, 0.15) is 0 Å². The van der Waals surface area contributed by atoms with Gasteiger partial charge in [0.25, 0.3) is 0 Å². The lowest BCUT2D eigenvalue weighted by molar-refractivity contribution is 0.0695. The van der Waals surface area contributed by atoms with E-state index in [1.54, 1.807) is 0 Å². The zero-order chi connectivity index (χ0) is 13.4. The molecule has 0 aliphatic rings. The third-order valence-corrected chi connectivity index (χ3v) is 1.13. The fraction of sp³-hybridized carbons (Fsp3) is 0.250. The summed E-state index contributed by atoms with van der Waals surface area (Å²) >= 11 is 0. The Morgan fingerprint density at radius 1 is 1.64 bits per heavy atom. The van der Waals surface area contributed by atoms with Crippen molar-refractivity contribution in [1.82, 2.24) is 4.98 Å². The Bertz CT molecular complexity index is 450. The van der Waals surface area contributed by atoms with Gasteiger partial charge in [-0.05, 0) is 25.8 Å². The van der Waals surface area contributed by atoms with Gasteiger partial charge >= 0.3 is 5.97 Å². The highest BCUT2D eigenvalue weighted by molar-refractivity contribution is 5.88. The second-order valence-electron chi connectivity index (χ2n) is 1.90. The number of hydrogen-bond acceptors (Lipinski definition) is 2. The first kappa shape index (κ1) is 2.93. The van der Waals surface area contributed by atoms with Gasteiger partial charge in [-0.3, -0.25) is 4.98 Å². The predicted molar refractivity (Wildman–Crippen MR) is 40.7 cm³/mol. The summed E-state index contributed by atoms with van der Waals surface area (Å²) in [5, 5.41) is 8.79. The number of aryl methyl sites for hydroxylation is 2. The van der Waals surface area contributed by atoms with Gasteiger partial charge in [-0.2, -0.15) is 0 Å². The summed E-state index contributed by atoms with van der Waals surface area (Å²) in [5.41, 5.74) is -1.66. The van der Waals surface area contributed by atoms with E-state index in [1.165, 1.54) is 0 Å². The van der Waals surface area contributed by atoms with E-state index in [-0.39, 0.29) is 0 Å². The van der Waals surface area contributed by atoms with Crippen LogP contribution in [0.5, 0.6) is 0 Å². The predicted octanol–water partition coefficient (Wildman–Crippen LogP) is 1.40. The van der Waals surface area contributed by atoms with Crippen LogP contribution in [0, 0.1) is 13.7 Å². The molecule has 0 bridgehead atoms. The number of carboxylic acid groups (broad SMARTS) is 1. The van der Waals surface area contributed by atoms with Crippen molar-refractivity contribution in [2.75, 3.05) is 0 Å². The number of rotatable bonds is 1. The number of hydrogen-bond donors (Lipinski definition) is 1. The second-order valence-corrected chi connectivity index (χ2v) is 1.90. The molecular weight excluding hydrogens is 142 g/mol. The van der Waals surface area contributed by atoms with Crippen LogP contribution >= 0.6 is 0 Å². The molecule has 1 aromatic rings. The zero-order valence-corrected chi connectivity index (χ0v) is 5.46. The van der Waals surface area contributed by atoms with Crippen LogP contribution < -0.4 is 0 Å². The molecule has 1 rings (SSSR count). The van der Waals surface area contributed by atoms with E-state index in [1.807, 2.05) is 0 Å². The quantitative estimate of drug-likeness (QED) is 0.670. The highest BCUT2D eigenvalue weighted by Crippen LogP contribution is 2.05. The molecule has 3 nitrogen and oxygen atoms in total. The van der Waals surface area contributed by atoms with Crippen LogP contribution in [0.4, 0.5) is 0 Å². The van der Waals surface area contributed by atoms with E-state index in [9.17, 15) is 4.79 Å². The van der Waals surface area contributed by atoms with E-state index in [0.29, 0.717) is 0 Å². The summed E-state index contributed by atoms with van der Waals surface area (Å²) in [6.45, 7) is -5.34. The molecule has 0 aliphatic heterocycles. The molecule has 3 heteroatoms. The van der Waals surface area contributed by atoms with Gasteiger partial charge in [0.2, 0.25) is 0 Å². The van der Waals surface area contributed by atoms with Crippen molar-refractivity contribution < 1.29 is 18.1 Å². The number of carboxylic acids is 1. The molecule has 0 aliphatic carbocycles. The van der Waals surface area contributed by atoms with E-state index >= 15 is 0 Å². The van der Waals surface area contributed by atoms with Crippen molar-refractivity contribution in [3.8, 4) is 0 Å². The Labute approximate surface area is 73.1 Å². The standard InChI is InChI=1S/C8H9NO2/c1-5-3-4-7(8(10)11)6(2)9-5/h3-4H,1-2H3,(H,10,11)/i1D3,2D3. The molecule has 1 N–H and O–H groups in total. The van der Waals surface area contributed by atoms with E-state index < -0.39 is 36.6 Å². The molecule has 0 atom stereocenters. The van der Waals surface area contributed by atoms with Gasteiger partial charge in [-0.25, -0.2) is 4.79 Å². The molecule has 1 heterocycles. The van der Waals surface area contributed by atoms with E-state index in [2.05, 4.69) is 4.98 Å². The fourth-order valence-electron chi connectivity index (χ4n) is 0.632. The van der Waals surface area contributed by atoms with Crippen LogP contribution in [0.25, 0.3) is 0 Å². The first-order valence-corrected chi connectivity index (χ1v) is 2.79. The van der Waals surface area contributed by atoms with Crippen LogP contribution in [-0.2, 0) is 0 Å². The second kappa shape index (κ2) is 2.70. The minimum Gasteiger partial charge on any atom is -0.478 e. The number of aromatic nitrogens is 1. The molecular formula is C8H9NO2. The minimum atomic E-state index is -2.77. The summed E-state index contributed by atoms with van der Waals surface area (Å²) in [6.07, 6.45) is 0. The van der Waals surface area contributed by atoms with Crippen LogP contribution in [0.3, 0.4) is 0 Å². The van der Waals surface area contributed by atoms with Gasteiger partial charge in [-0.1, -0.05) is 0 Å². The van der Waals surface area contributed by atoms with Crippen molar-refractivity contribution in [2.45, 2.75) is 13.7 Å². The van der Waals surface area contributed by atoms with Crippen molar-refractivity contribution in [1.29, 1.82) is 0 Å². The van der Waals surface area contributed by atoms with Crippen molar-refractivity contribution in [3.05, 3.63) is 29.1 Å². The van der Waals surface area contributed by atoms with E-state index in [0.717, 1.165) is 12.1 Å². The molecule has 0 unspecified atom stereocenters. The lowest BCUT2D eigenvalue weighted by Gasteiger charge is -1.99. The van der Waals surface area contributed by atoms with Gasteiger partial charge < -0.3 is 5.11 Å². The van der Waals surface area contributed by atoms with Gasteiger partial charge in [0.15, 0.2) is 0 Å². The van der Waals surface area contributed by atoms with Crippen molar-refractivity contribution in [3.63, 3.8) is 0 Å². The lowest BCUT2D eigenvalue weighted by atomic mass is 10.2. The monoisotopic (exact) mass is 157 g/mol. The molecule has 58 valence electrons. The summed E-state index contributed by atoms with van der Waals surface area (Å²) in [5.74, 6) is -1.46. The molecule has 0 spiro atoms. The molecule has 0 radical (unpaired) electrons. The maximum atomic E-state index is 10.8. The van der Waals surface area contributed by atoms with E-state index in [4.69, 9.17) is 13.3 Å². The molecule has 0 saturated heterocycles. The van der Waals surface area contributed by atoms with Gasteiger partial charge in [-0.15, -0.1) is 0 Å². The summed E-state index contributed by atoms with van der Waals surface area (Å²) < 4.78 is 42.7. The average molecular weight is 157 g/mol. The van der Waals surface area contributed by atoms with Crippen molar-refractivity contribution in [2.24, 2.45) is 0 Å². The number of carbonyl (C=O) groups is 1. The first-order valence-electron chi connectivity index (χ1n) is 5.79. The highest BCUT2D eigenvalue weighted by Gasteiger charge is 2.06. The molecule has 0 fully saturated rings. The highest BCUT2D eigenvalue weighted by atomic mass is 16.4. The normalized spacial score (nSPS) is 20.0.